The molecule has 1 N–H and O–H groups in total. The van der Waals surface area contributed by atoms with E-state index < -0.39 is 0 Å². The molecule has 4 rings (SSSR count). The highest BCUT2D eigenvalue weighted by molar-refractivity contribution is 6.33. The molecule has 26 heavy (non-hydrogen) atoms. The molecule has 0 saturated carbocycles. The zero-order valence-electron chi connectivity index (χ0n) is 14.3. The van der Waals surface area contributed by atoms with Crippen LogP contribution in [-0.2, 0) is 0 Å². The number of aliphatic hydroxyl groups is 1. The van der Waals surface area contributed by atoms with Crippen molar-refractivity contribution in [2.24, 2.45) is 0 Å². The van der Waals surface area contributed by atoms with E-state index in [0.717, 1.165) is 16.7 Å². The molecule has 5 heteroatoms. The molecule has 0 aliphatic carbocycles. The normalized spacial score (nSPS) is 20.2. The molecule has 2 unspecified atom stereocenters. The van der Waals surface area contributed by atoms with Crippen molar-refractivity contribution in [2.45, 2.75) is 25.0 Å². The first-order chi connectivity index (χ1) is 12.7. The van der Waals surface area contributed by atoms with E-state index in [0.29, 0.717) is 30.4 Å². The Kier molecular flexibility index (Phi) is 4.87. The van der Waals surface area contributed by atoms with Gasteiger partial charge in [-0.15, -0.1) is 0 Å². The predicted octanol–water partition coefficient (Wildman–Crippen LogP) is 4.50. The summed E-state index contributed by atoms with van der Waals surface area (Å²) in [6.07, 6.45) is 4.52. The summed E-state index contributed by atoms with van der Waals surface area (Å²) in [6, 6.07) is 18.1. The van der Waals surface area contributed by atoms with E-state index in [1.165, 1.54) is 0 Å². The molecule has 132 valence electrons. The molecule has 0 radical (unpaired) electrons. The Hall–Kier alpha value is -2.43. The highest BCUT2D eigenvalue weighted by atomic mass is 35.5. The van der Waals surface area contributed by atoms with Crippen LogP contribution in [0.1, 0.15) is 24.4 Å². The van der Waals surface area contributed by atoms with Crippen molar-refractivity contribution in [3.8, 4) is 11.1 Å². The van der Waals surface area contributed by atoms with Crippen molar-refractivity contribution in [3.05, 3.63) is 77.6 Å². The van der Waals surface area contributed by atoms with Crippen LogP contribution in [0.15, 0.2) is 67.0 Å². The van der Waals surface area contributed by atoms with Gasteiger partial charge in [0.25, 0.3) is 0 Å². The van der Waals surface area contributed by atoms with Crippen molar-refractivity contribution >= 4 is 17.5 Å². The van der Waals surface area contributed by atoms with Crippen LogP contribution < -0.4 is 4.90 Å². The summed E-state index contributed by atoms with van der Waals surface area (Å²) >= 11 is 6.60. The number of benzene rings is 2. The number of nitrogens with zero attached hydrogens (tertiary/aromatic N) is 3. The van der Waals surface area contributed by atoms with Crippen LogP contribution in [0.25, 0.3) is 11.1 Å². The predicted molar refractivity (Wildman–Crippen MR) is 104 cm³/mol. The molecule has 2 atom stereocenters. The van der Waals surface area contributed by atoms with Gasteiger partial charge in [-0.3, -0.25) is 0 Å². The van der Waals surface area contributed by atoms with Crippen molar-refractivity contribution < 1.29 is 5.11 Å². The SMILES string of the molecule is OC1CCN(c2ncccn2)C(c2ccc(-c3ccccc3)c(Cl)c2)C1. The van der Waals surface area contributed by atoms with Crippen molar-refractivity contribution in [1.29, 1.82) is 0 Å². The van der Waals surface area contributed by atoms with Crippen LogP contribution in [0, 0.1) is 0 Å². The number of hydrogen-bond donors (Lipinski definition) is 1. The number of anilines is 1. The van der Waals surface area contributed by atoms with Crippen LogP contribution >= 0.6 is 11.6 Å². The van der Waals surface area contributed by atoms with Gasteiger partial charge in [0.2, 0.25) is 5.95 Å². The average Bonchev–Trinajstić information content (AvgIpc) is 2.69. The van der Waals surface area contributed by atoms with Crippen LogP contribution in [-0.4, -0.2) is 27.7 Å². The fraction of sp³-hybridized carbons (Fsp3) is 0.238. The second-order valence-electron chi connectivity index (χ2n) is 6.54. The Morgan fingerprint density at radius 1 is 1.00 bits per heavy atom. The number of hydrogen-bond acceptors (Lipinski definition) is 4. The summed E-state index contributed by atoms with van der Waals surface area (Å²) in [5.41, 5.74) is 3.17. The Bertz CT molecular complexity index is 873. The molecular weight excluding hydrogens is 346 g/mol. The molecular formula is C21H20ClN3O. The molecule has 2 heterocycles. The van der Waals surface area contributed by atoms with Gasteiger partial charge in [-0.1, -0.05) is 54.1 Å². The molecule has 1 aliphatic rings. The van der Waals surface area contributed by atoms with Gasteiger partial charge in [0.15, 0.2) is 0 Å². The highest BCUT2D eigenvalue weighted by Crippen LogP contribution is 2.37. The van der Waals surface area contributed by atoms with E-state index in [4.69, 9.17) is 11.6 Å². The molecule has 1 aromatic heterocycles. The third-order valence-corrected chi connectivity index (χ3v) is 5.16. The summed E-state index contributed by atoms with van der Waals surface area (Å²) in [5.74, 6) is 0.688. The van der Waals surface area contributed by atoms with Crippen LogP contribution in [0.4, 0.5) is 5.95 Å². The second-order valence-corrected chi connectivity index (χ2v) is 6.95. The summed E-state index contributed by atoms with van der Waals surface area (Å²) in [6.45, 7) is 0.716. The first-order valence-corrected chi connectivity index (χ1v) is 9.17. The van der Waals surface area contributed by atoms with Gasteiger partial charge in [0, 0.05) is 29.5 Å². The maximum absolute atomic E-state index is 10.2. The molecule has 2 aromatic carbocycles. The van der Waals surface area contributed by atoms with E-state index in [-0.39, 0.29) is 12.1 Å². The van der Waals surface area contributed by atoms with Gasteiger partial charge in [0.1, 0.15) is 0 Å². The molecule has 0 spiro atoms. The fourth-order valence-corrected chi connectivity index (χ4v) is 3.83. The quantitative estimate of drug-likeness (QED) is 0.742. The largest absolute Gasteiger partial charge is 0.393 e. The fourth-order valence-electron chi connectivity index (χ4n) is 3.53. The summed E-state index contributed by atoms with van der Waals surface area (Å²) in [4.78, 5) is 10.9. The monoisotopic (exact) mass is 365 g/mol. The van der Waals surface area contributed by atoms with Crippen LogP contribution in [0.3, 0.4) is 0 Å². The smallest absolute Gasteiger partial charge is 0.225 e. The third-order valence-electron chi connectivity index (χ3n) is 4.85. The molecule has 3 aromatic rings. The Morgan fingerprint density at radius 3 is 2.50 bits per heavy atom. The molecule has 1 fully saturated rings. The Labute approximate surface area is 158 Å². The van der Waals surface area contributed by atoms with Crippen molar-refractivity contribution in [3.63, 3.8) is 0 Å². The number of halogens is 1. The molecule has 1 aliphatic heterocycles. The lowest BCUT2D eigenvalue weighted by Gasteiger charge is -2.38. The third kappa shape index (κ3) is 3.43. The maximum atomic E-state index is 10.2. The minimum Gasteiger partial charge on any atom is -0.393 e. The standard InChI is InChI=1S/C21H20ClN3O/c22-19-13-16(7-8-18(19)15-5-2-1-3-6-15)20-14-17(26)9-12-25(20)21-23-10-4-11-24-21/h1-8,10-11,13,17,20,26H,9,12,14H2. The Balaban J connectivity index is 1.69. The van der Waals surface area contributed by atoms with Gasteiger partial charge in [0.05, 0.1) is 12.1 Å². The van der Waals surface area contributed by atoms with Gasteiger partial charge in [-0.05, 0) is 36.1 Å². The molecule has 0 amide bonds. The molecule has 1 saturated heterocycles. The van der Waals surface area contributed by atoms with E-state index in [1.54, 1.807) is 12.4 Å². The van der Waals surface area contributed by atoms with Crippen molar-refractivity contribution in [2.75, 3.05) is 11.4 Å². The summed E-state index contributed by atoms with van der Waals surface area (Å²) in [5, 5.41) is 10.9. The highest BCUT2D eigenvalue weighted by Gasteiger charge is 2.30. The minimum absolute atomic E-state index is 0.00322. The van der Waals surface area contributed by atoms with Gasteiger partial charge in [-0.25, -0.2) is 9.97 Å². The van der Waals surface area contributed by atoms with Crippen molar-refractivity contribution in [1.82, 2.24) is 9.97 Å². The topological polar surface area (TPSA) is 49.2 Å². The molecule has 0 bridgehead atoms. The molecule has 4 nitrogen and oxygen atoms in total. The number of rotatable bonds is 3. The lowest BCUT2D eigenvalue weighted by Crippen LogP contribution is -2.39. The first kappa shape index (κ1) is 17.0. The van der Waals surface area contributed by atoms with Crippen LogP contribution in [0.2, 0.25) is 5.02 Å². The van der Waals surface area contributed by atoms with Gasteiger partial charge < -0.3 is 10.0 Å². The number of aliphatic hydroxyl groups excluding tert-OH is 1. The van der Waals surface area contributed by atoms with Gasteiger partial charge >= 0.3 is 0 Å². The number of aromatic nitrogens is 2. The van der Waals surface area contributed by atoms with Gasteiger partial charge in [-0.2, -0.15) is 0 Å². The second kappa shape index (κ2) is 7.44. The minimum atomic E-state index is -0.326. The van der Waals surface area contributed by atoms with E-state index in [2.05, 4.69) is 39.1 Å². The zero-order valence-corrected chi connectivity index (χ0v) is 15.0. The van der Waals surface area contributed by atoms with Crippen LogP contribution in [0.5, 0.6) is 0 Å². The Morgan fingerprint density at radius 2 is 1.77 bits per heavy atom. The van der Waals surface area contributed by atoms with E-state index in [9.17, 15) is 5.11 Å². The lowest BCUT2D eigenvalue weighted by molar-refractivity contribution is 0.127. The summed E-state index contributed by atoms with van der Waals surface area (Å²) in [7, 11) is 0. The number of piperidine rings is 1. The van der Waals surface area contributed by atoms with E-state index in [1.807, 2.05) is 30.3 Å². The summed E-state index contributed by atoms with van der Waals surface area (Å²) < 4.78 is 0. The lowest BCUT2D eigenvalue weighted by atomic mass is 9.92. The first-order valence-electron chi connectivity index (χ1n) is 8.79. The maximum Gasteiger partial charge on any atom is 0.225 e. The zero-order chi connectivity index (χ0) is 17.9. The van der Waals surface area contributed by atoms with E-state index >= 15 is 0 Å². The average molecular weight is 366 g/mol.